The minimum Gasteiger partial charge on any atom is -0.334 e. The van der Waals surface area contributed by atoms with Gasteiger partial charge in [-0.05, 0) is 19.8 Å². The molecule has 0 atom stereocenters. The van der Waals surface area contributed by atoms with Gasteiger partial charge in [0.2, 0.25) is 0 Å². The maximum Gasteiger partial charge on any atom is 0.257 e. The van der Waals surface area contributed by atoms with Crippen molar-refractivity contribution in [1.29, 1.82) is 0 Å². The Morgan fingerprint density at radius 3 is 2.93 bits per heavy atom. The molecule has 0 aliphatic heterocycles. The van der Waals surface area contributed by atoms with E-state index in [0.29, 0.717) is 24.0 Å². The zero-order valence-electron chi connectivity index (χ0n) is 8.66. The average Bonchev–Trinajstić information content (AvgIpc) is 2.97. The monoisotopic (exact) mass is 227 g/mol. The lowest BCUT2D eigenvalue weighted by atomic mass is 10.2. The van der Waals surface area contributed by atoms with Crippen LogP contribution in [-0.4, -0.2) is 39.5 Å². The summed E-state index contributed by atoms with van der Waals surface area (Å²) >= 11 is 5.70. The van der Waals surface area contributed by atoms with Crippen LogP contribution in [0.2, 0.25) is 0 Å². The molecule has 1 aliphatic rings. The highest BCUT2D eigenvalue weighted by molar-refractivity contribution is 6.18. The van der Waals surface area contributed by atoms with Crippen molar-refractivity contribution in [3.8, 4) is 0 Å². The first-order chi connectivity index (χ1) is 7.24. The number of rotatable bonds is 4. The number of aromatic nitrogens is 2. The predicted molar refractivity (Wildman–Crippen MR) is 58.1 cm³/mol. The van der Waals surface area contributed by atoms with Crippen LogP contribution in [-0.2, 0) is 0 Å². The molecule has 0 unspecified atom stereocenters. The third-order valence-corrected chi connectivity index (χ3v) is 2.80. The third-order valence-electron chi connectivity index (χ3n) is 2.63. The number of amides is 1. The Bertz CT molecular complexity index is 359. The quantitative estimate of drug-likeness (QED) is 0.794. The van der Waals surface area contributed by atoms with Crippen LogP contribution in [0.1, 0.15) is 28.9 Å². The smallest absolute Gasteiger partial charge is 0.257 e. The van der Waals surface area contributed by atoms with E-state index in [1.54, 1.807) is 6.20 Å². The molecule has 1 amide bonds. The molecule has 82 valence electrons. The molecular weight excluding hydrogens is 214 g/mol. The standard InChI is InChI=1S/C10H14ClN3O/c1-7-9(6-12-13-7)10(15)14(5-4-11)8-2-3-8/h6,8H,2-5H2,1H3,(H,12,13). The van der Waals surface area contributed by atoms with Crippen LogP contribution in [0.25, 0.3) is 0 Å². The molecule has 0 saturated heterocycles. The lowest BCUT2D eigenvalue weighted by Gasteiger charge is -2.20. The van der Waals surface area contributed by atoms with Gasteiger partial charge in [0.25, 0.3) is 5.91 Å². The van der Waals surface area contributed by atoms with Gasteiger partial charge in [-0.25, -0.2) is 0 Å². The molecule has 0 spiro atoms. The second kappa shape index (κ2) is 4.23. The maximum absolute atomic E-state index is 12.1. The number of alkyl halides is 1. The van der Waals surface area contributed by atoms with Crippen LogP contribution in [0.15, 0.2) is 6.20 Å². The topological polar surface area (TPSA) is 49.0 Å². The summed E-state index contributed by atoms with van der Waals surface area (Å²) in [5, 5.41) is 6.63. The van der Waals surface area contributed by atoms with Gasteiger partial charge in [-0.3, -0.25) is 9.89 Å². The number of nitrogens with one attached hydrogen (secondary N) is 1. The molecule has 0 radical (unpaired) electrons. The largest absolute Gasteiger partial charge is 0.334 e. The fraction of sp³-hybridized carbons (Fsp3) is 0.600. The molecule has 1 fully saturated rings. The molecular formula is C10H14ClN3O. The van der Waals surface area contributed by atoms with E-state index in [1.165, 1.54) is 0 Å². The maximum atomic E-state index is 12.1. The van der Waals surface area contributed by atoms with Crippen molar-refractivity contribution < 1.29 is 4.79 Å². The zero-order chi connectivity index (χ0) is 10.8. The number of aromatic amines is 1. The molecule has 1 aromatic rings. The summed E-state index contributed by atoms with van der Waals surface area (Å²) in [5.74, 6) is 0.531. The van der Waals surface area contributed by atoms with Crippen LogP contribution in [0.5, 0.6) is 0 Å². The van der Waals surface area contributed by atoms with Crippen LogP contribution in [0.3, 0.4) is 0 Å². The van der Waals surface area contributed by atoms with Crippen molar-refractivity contribution in [2.45, 2.75) is 25.8 Å². The Morgan fingerprint density at radius 2 is 2.47 bits per heavy atom. The Morgan fingerprint density at radius 1 is 1.73 bits per heavy atom. The number of hydrogen-bond acceptors (Lipinski definition) is 2. The lowest BCUT2D eigenvalue weighted by molar-refractivity contribution is 0.0753. The van der Waals surface area contributed by atoms with E-state index in [2.05, 4.69) is 10.2 Å². The van der Waals surface area contributed by atoms with Crippen molar-refractivity contribution in [2.24, 2.45) is 0 Å². The van der Waals surface area contributed by atoms with Crippen LogP contribution >= 0.6 is 11.6 Å². The number of halogens is 1. The first-order valence-electron chi connectivity index (χ1n) is 5.11. The van der Waals surface area contributed by atoms with Gasteiger partial charge in [-0.1, -0.05) is 0 Å². The molecule has 0 bridgehead atoms. The number of H-pyrrole nitrogens is 1. The van der Waals surface area contributed by atoms with Crippen molar-refractivity contribution in [3.63, 3.8) is 0 Å². The summed E-state index contributed by atoms with van der Waals surface area (Å²) in [6, 6.07) is 0.394. The Balaban J connectivity index is 2.14. The first-order valence-corrected chi connectivity index (χ1v) is 5.64. The van der Waals surface area contributed by atoms with Gasteiger partial charge < -0.3 is 4.90 Å². The Labute approximate surface area is 93.6 Å². The van der Waals surface area contributed by atoms with Gasteiger partial charge in [0.1, 0.15) is 0 Å². The minimum absolute atomic E-state index is 0.0457. The highest BCUT2D eigenvalue weighted by Crippen LogP contribution is 2.28. The molecule has 0 aromatic carbocycles. The van der Waals surface area contributed by atoms with Gasteiger partial charge in [0, 0.05) is 24.2 Å². The summed E-state index contributed by atoms with van der Waals surface area (Å²) in [4.78, 5) is 14.0. The molecule has 2 rings (SSSR count). The molecule has 1 aromatic heterocycles. The van der Waals surface area contributed by atoms with Crippen LogP contribution < -0.4 is 0 Å². The molecule has 15 heavy (non-hydrogen) atoms. The normalized spacial score (nSPS) is 15.3. The summed E-state index contributed by atoms with van der Waals surface area (Å²) < 4.78 is 0. The number of hydrogen-bond donors (Lipinski definition) is 1. The molecule has 1 N–H and O–H groups in total. The predicted octanol–water partition coefficient (Wildman–Crippen LogP) is 1.56. The highest BCUT2D eigenvalue weighted by atomic mass is 35.5. The van der Waals surface area contributed by atoms with Crippen LogP contribution in [0.4, 0.5) is 0 Å². The summed E-state index contributed by atoms with van der Waals surface area (Å²) in [7, 11) is 0. The molecule has 1 saturated carbocycles. The number of aryl methyl sites for hydroxylation is 1. The van der Waals surface area contributed by atoms with E-state index in [-0.39, 0.29) is 5.91 Å². The van der Waals surface area contributed by atoms with E-state index in [9.17, 15) is 4.79 Å². The fourth-order valence-corrected chi connectivity index (χ4v) is 1.83. The highest BCUT2D eigenvalue weighted by Gasteiger charge is 2.33. The van der Waals surface area contributed by atoms with Gasteiger partial charge in [0.15, 0.2) is 0 Å². The fourth-order valence-electron chi connectivity index (χ4n) is 1.65. The third kappa shape index (κ3) is 2.15. The Hall–Kier alpha value is -1.03. The van der Waals surface area contributed by atoms with Crippen LogP contribution in [0, 0.1) is 6.92 Å². The van der Waals surface area contributed by atoms with E-state index in [0.717, 1.165) is 18.5 Å². The summed E-state index contributed by atoms with van der Waals surface area (Å²) in [6.07, 6.45) is 3.78. The minimum atomic E-state index is 0.0457. The zero-order valence-corrected chi connectivity index (χ0v) is 9.42. The van der Waals surface area contributed by atoms with Gasteiger partial charge in [-0.2, -0.15) is 5.10 Å². The van der Waals surface area contributed by atoms with Gasteiger partial charge >= 0.3 is 0 Å². The molecule has 1 aliphatic carbocycles. The van der Waals surface area contributed by atoms with E-state index >= 15 is 0 Å². The number of nitrogens with zero attached hydrogens (tertiary/aromatic N) is 2. The van der Waals surface area contributed by atoms with E-state index < -0.39 is 0 Å². The van der Waals surface area contributed by atoms with Crippen molar-refractivity contribution in [1.82, 2.24) is 15.1 Å². The molecule has 5 heteroatoms. The molecule has 4 nitrogen and oxygen atoms in total. The number of carbonyl (C=O) groups excluding carboxylic acids is 1. The summed E-state index contributed by atoms with van der Waals surface area (Å²) in [6.45, 7) is 2.47. The lowest BCUT2D eigenvalue weighted by Crippen LogP contribution is -2.34. The number of carbonyl (C=O) groups is 1. The van der Waals surface area contributed by atoms with E-state index in [1.807, 2.05) is 11.8 Å². The average molecular weight is 228 g/mol. The Kier molecular flexibility index (Phi) is 2.95. The second-order valence-electron chi connectivity index (χ2n) is 3.83. The SMILES string of the molecule is Cc1[nH]ncc1C(=O)N(CCCl)C1CC1. The van der Waals surface area contributed by atoms with Crippen molar-refractivity contribution in [3.05, 3.63) is 17.5 Å². The van der Waals surface area contributed by atoms with E-state index in [4.69, 9.17) is 11.6 Å². The summed E-state index contributed by atoms with van der Waals surface area (Å²) in [5.41, 5.74) is 1.48. The first kappa shape index (κ1) is 10.5. The van der Waals surface area contributed by atoms with Gasteiger partial charge in [0.05, 0.1) is 11.8 Å². The van der Waals surface area contributed by atoms with Gasteiger partial charge in [-0.15, -0.1) is 11.6 Å². The van der Waals surface area contributed by atoms with Crippen molar-refractivity contribution >= 4 is 17.5 Å². The van der Waals surface area contributed by atoms with Crippen molar-refractivity contribution in [2.75, 3.05) is 12.4 Å². The second-order valence-corrected chi connectivity index (χ2v) is 4.21. The molecule has 1 heterocycles.